The Bertz CT molecular complexity index is 561. The van der Waals surface area contributed by atoms with Crippen LogP contribution in [0.15, 0.2) is 35.0 Å². The number of nitrogens with one attached hydrogen (secondary N) is 1. The topological polar surface area (TPSA) is 134 Å². The van der Waals surface area contributed by atoms with Crippen molar-refractivity contribution < 1.29 is 14.8 Å². The first-order chi connectivity index (χ1) is 8.54. The second-order valence-electron chi connectivity index (χ2n) is 3.21. The number of hydrogen-bond acceptors (Lipinski definition) is 6. The lowest BCUT2D eigenvalue weighted by Gasteiger charge is -2.04. The maximum Gasteiger partial charge on any atom is 0.230 e. The minimum absolute atomic E-state index is 0.245. The largest absolute Gasteiger partial charge is 0.545 e. The molecule has 1 rings (SSSR count). The molecule has 0 spiro atoms. The van der Waals surface area contributed by atoms with Crippen LogP contribution in [0.3, 0.4) is 0 Å². The summed E-state index contributed by atoms with van der Waals surface area (Å²) in [5.41, 5.74) is 6.70. The van der Waals surface area contributed by atoms with Crippen LogP contribution in [0.1, 0.15) is 5.56 Å². The van der Waals surface area contributed by atoms with Gasteiger partial charge in [-0.1, -0.05) is 18.2 Å². The van der Waals surface area contributed by atoms with Crippen molar-refractivity contribution in [2.24, 2.45) is 5.11 Å². The molecule has 0 saturated carbocycles. The summed E-state index contributed by atoms with van der Waals surface area (Å²) in [4.78, 5) is 23.1. The first-order valence-electron chi connectivity index (χ1n) is 4.75. The summed E-state index contributed by atoms with van der Waals surface area (Å²) >= 11 is 0. The molecule has 8 nitrogen and oxygen atoms in total. The molecule has 92 valence electrons. The Balaban J connectivity index is 3.23. The highest BCUT2D eigenvalue weighted by molar-refractivity contribution is 5.91. The molecule has 0 aliphatic heterocycles. The van der Waals surface area contributed by atoms with Gasteiger partial charge in [0.2, 0.25) is 11.5 Å². The van der Waals surface area contributed by atoms with Crippen molar-refractivity contribution >= 4 is 17.7 Å². The van der Waals surface area contributed by atoms with E-state index in [0.29, 0.717) is 5.56 Å². The number of benzene rings is 1. The van der Waals surface area contributed by atoms with Crippen molar-refractivity contribution in [3.63, 3.8) is 0 Å². The van der Waals surface area contributed by atoms with Crippen LogP contribution in [-0.2, 0) is 4.79 Å². The van der Waals surface area contributed by atoms with E-state index in [1.54, 1.807) is 12.1 Å². The Kier molecular flexibility index (Phi) is 4.42. The van der Waals surface area contributed by atoms with Crippen molar-refractivity contribution in [2.75, 3.05) is 6.54 Å². The smallest absolute Gasteiger partial charge is 0.230 e. The van der Waals surface area contributed by atoms with Crippen LogP contribution in [0.2, 0.25) is 0 Å². The van der Waals surface area contributed by atoms with E-state index in [0.717, 1.165) is 6.08 Å². The summed E-state index contributed by atoms with van der Waals surface area (Å²) in [7, 11) is 0. The van der Waals surface area contributed by atoms with Crippen LogP contribution in [0.25, 0.3) is 6.08 Å². The predicted molar refractivity (Wildman–Crippen MR) is 58.2 cm³/mol. The lowest BCUT2D eigenvalue weighted by Crippen LogP contribution is -2.28. The summed E-state index contributed by atoms with van der Waals surface area (Å²) in [6, 6.07) is 6.23. The number of carboxylic acid groups (broad SMARTS) is 1. The molecule has 0 unspecified atom stereocenters. The van der Waals surface area contributed by atoms with Gasteiger partial charge < -0.3 is 9.90 Å². The third-order valence-corrected chi connectivity index (χ3v) is 1.99. The molecule has 0 atom stereocenters. The summed E-state index contributed by atoms with van der Waals surface area (Å²) in [5, 5.41) is 24.5. The monoisotopic (exact) mass is 248 g/mol. The lowest BCUT2D eigenvalue weighted by molar-refractivity contribution is -0.471. The van der Waals surface area contributed by atoms with Crippen LogP contribution in [0.5, 0.6) is 0 Å². The molecule has 1 N–H and O–H groups in total. The van der Waals surface area contributed by atoms with Crippen LogP contribution in [-0.4, -0.2) is 17.4 Å². The van der Waals surface area contributed by atoms with Gasteiger partial charge in [-0.05, 0) is 12.1 Å². The molecule has 0 aliphatic carbocycles. The molecule has 0 saturated heterocycles. The number of rotatable bonds is 5. The highest BCUT2D eigenvalue weighted by atomic mass is 16.6. The zero-order valence-corrected chi connectivity index (χ0v) is 9.07. The van der Waals surface area contributed by atoms with Gasteiger partial charge in [0.15, 0.2) is 10.8 Å². The molecule has 0 amide bonds. The molecular weight excluding hydrogens is 240 g/mol. The molecule has 18 heavy (non-hydrogen) atoms. The number of nitrogens with zero attached hydrogens (tertiary/aromatic N) is 3. The maximum absolute atomic E-state index is 10.7. The number of aliphatic carboxylic acids is 1. The van der Waals surface area contributed by atoms with Crippen molar-refractivity contribution in [1.29, 1.82) is 5.53 Å². The van der Waals surface area contributed by atoms with Gasteiger partial charge in [-0.15, -0.1) is 0 Å². The fraction of sp³-hybridized carbons (Fsp3) is 0.100. The standard InChI is InChI=1S/C10H8N4O4/c11-13-12-9-4-2-1-3-7(9)5-8(10(15)16)6-14(17)18/h1-5,11H,6H2. The Labute approximate surface area is 101 Å². The summed E-state index contributed by atoms with van der Waals surface area (Å²) < 4.78 is 0. The first-order valence-corrected chi connectivity index (χ1v) is 4.75. The van der Waals surface area contributed by atoms with E-state index in [-0.39, 0.29) is 5.69 Å². The SMILES string of the molecule is N=[N+]=Nc1ccccc1C=C(C[N+](=O)[O-])C(=O)[O-]. The van der Waals surface area contributed by atoms with E-state index in [1.807, 2.05) is 0 Å². The first kappa shape index (κ1) is 13.2. The van der Waals surface area contributed by atoms with Crippen LogP contribution in [0.4, 0.5) is 5.69 Å². The Hall–Kier alpha value is -2.86. The van der Waals surface area contributed by atoms with E-state index in [4.69, 9.17) is 5.53 Å². The molecule has 0 bridgehead atoms. The third kappa shape index (κ3) is 3.62. The van der Waals surface area contributed by atoms with Gasteiger partial charge in [0.25, 0.3) is 0 Å². The molecule has 0 fully saturated rings. The van der Waals surface area contributed by atoms with Crippen molar-refractivity contribution in [1.82, 2.24) is 4.91 Å². The second-order valence-corrected chi connectivity index (χ2v) is 3.21. The zero-order chi connectivity index (χ0) is 13.5. The second kappa shape index (κ2) is 6.02. The van der Waals surface area contributed by atoms with E-state index in [9.17, 15) is 20.0 Å². The molecular formula is C10H8N4O4. The molecule has 0 radical (unpaired) electrons. The van der Waals surface area contributed by atoms with Crippen molar-refractivity contribution in [3.8, 4) is 0 Å². The lowest BCUT2D eigenvalue weighted by atomic mass is 10.1. The zero-order valence-electron chi connectivity index (χ0n) is 9.07. The van der Waals surface area contributed by atoms with E-state index >= 15 is 0 Å². The van der Waals surface area contributed by atoms with E-state index < -0.39 is 23.0 Å². The van der Waals surface area contributed by atoms with Crippen LogP contribution >= 0.6 is 0 Å². The Morgan fingerprint density at radius 2 is 2.17 bits per heavy atom. The maximum atomic E-state index is 10.7. The Morgan fingerprint density at radius 3 is 2.72 bits per heavy atom. The van der Waals surface area contributed by atoms with Gasteiger partial charge in [0.1, 0.15) is 5.53 Å². The normalized spacial score (nSPS) is 10.6. The van der Waals surface area contributed by atoms with E-state index in [1.165, 1.54) is 12.1 Å². The van der Waals surface area contributed by atoms with Crippen LogP contribution < -0.4 is 10.0 Å². The quantitative estimate of drug-likeness (QED) is 0.263. The molecule has 0 aliphatic rings. The molecule has 1 aromatic rings. The number of carbonyl (C=O) groups is 1. The van der Waals surface area contributed by atoms with Gasteiger partial charge >= 0.3 is 0 Å². The van der Waals surface area contributed by atoms with Gasteiger partial charge in [0, 0.05) is 16.1 Å². The van der Waals surface area contributed by atoms with E-state index in [2.05, 4.69) is 10.0 Å². The fourth-order valence-electron chi connectivity index (χ4n) is 1.25. The predicted octanol–water partition coefficient (Wildman–Crippen LogP) is 0.278. The van der Waals surface area contributed by atoms with Crippen LogP contribution in [0, 0.1) is 15.6 Å². The number of nitro groups is 1. The van der Waals surface area contributed by atoms with Gasteiger partial charge in [-0.3, -0.25) is 10.1 Å². The third-order valence-electron chi connectivity index (χ3n) is 1.99. The minimum atomic E-state index is -1.62. The number of carbonyl (C=O) groups excluding carboxylic acids is 1. The van der Waals surface area contributed by atoms with Crippen molar-refractivity contribution in [2.45, 2.75) is 0 Å². The molecule has 1 aromatic carbocycles. The van der Waals surface area contributed by atoms with Gasteiger partial charge in [-0.2, -0.15) is 0 Å². The van der Waals surface area contributed by atoms with Gasteiger partial charge in [0.05, 0.1) is 5.97 Å². The average Bonchev–Trinajstić information content (AvgIpc) is 2.30. The fourth-order valence-corrected chi connectivity index (χ4v) is 1.25. The highest BCUT2D eigenvalue weighted by Gasteiger charge is 2.10. The molecule has 0 heterocycles. The molecule has 8 heteroatoms. The average molecular weight is 248 g/mol. The summed E-state index contributed by atoms with van der Waals surface area (Å²) in [6.45, 7) is -0.852. The Morgan fingerprint density at radius 1 is 1.50 bits per heavy atom. The summed E-state index contributed by atoms with van der Waals surface area (Å²) in [6.07, 6.45) is 1.09. The molecule has 0 aromatic heterocycles. The summed E-state index contributed by atoms with van der Waals surface area (Å²) in [5.74, 6) is -1.62. The highest BCUT2D eigenvalue weighted by Crippen LogP contribution is 2.20. The van der Waals surface area contributed by atoms with Gasteiger partial charge in [-0.25, -0.2) is 0 Å². The number of hydrogen-bond donors (Lipinski definition) is 1. The minimum Gasteiger partial charge on any atom is -0.545 e. The van der Waals surface area contributed by atoms with Crippen molar-refractivity contribution in [3.05, 3.63) is 45.5 Å². The number of carboxylic acids is 1.